The predicted octanol–water partition coefficient (Wildman–Crippen LogP) is 4.52. The number of hydrogen-bond donors (Lipinski definition) is 0. The van der Waals surface area contributed by atoms with Gasteiger partial charge in [0.1, 0.15) is 11.4 Å². The van der Waals surface area contributed by atoms with Gasteiger partial charge in [-0.2, -0.15) is 0 Å². The van der Waals surface area contributed by atoms with Crippen molar-refractivity contribution in [3.63, 3.8) is 0 Å². The highest BCUT2D eigenvalue weighted by atomic mass is 19.1. The standard InChI is InChI=1S/C19H24FN3O/c1-6-22(3)13-21-18-10-14(2)19(12-17(18)20)23(4)15-8-7-9-16(11-15)24-5/h7-13H,6H2,1-5H3. The summed E-state index contributed by atoms with van der Waals surface area (Å²) in [5.41, 5.74) is 3.02. The highest BCUT2D eigenvalue weighted by molar-refractivity contribution is 5.70. The fourth-order valence-electron chi connectivity index (χ4n) is 2.32. The van der Waals surface area contributed by atoms with Gasteiger partial charge in [-0.05, 0) is 37.6 Å². The van der Waals surface area contributed by atoms with E-state index in [0.717, 1.165) is 29.2 Å². The molecule has 0 aliphatic heterocycles. The van der Waals surface area contributed by atoms with E-state index in [0.29, 0.717) is 5.69 Å². The Hall–Kier alpha value is -2.56. The second kappa shape index (κ2) is 7.81. The summed E-state index contributed by atoms with van der Waals surface area (Å²) in [6, 6.07) is 11.0. The highest BCUT2D eigenvalue weighted by Crippen LogP contribution is 2.33. The van der Waals surface area contributed by atoms with E-state index in [-0.39, 0.29) is 5.82 Å². The third-order valence-corrected chi connectivity index (χ3v) is 3.96. The molecule has 5 heteroatoms. The minimum absolute atomic E-state index is 0.342. The van der Waals surface area contributed by atoms with Gasteiger partial charge in [0.05, 0.1) is 13.4 Å². The molecule has 0 saturated carbocycles. The van der Waals surface area contributed by atoms with E-state index < -0.39 is 0 Å². The molecular weight excluding hydrogens is 305 g/mol. The lowest BCUT2D eigenvalue weighted by Crippen LogP contribution is -2.14. The molecule has 0 fully saturated rings. The van der Waals surface area contributed by atoms with E-state index in [2.05, 4.69) is 4.99 Å². The van der Waals surface area contributed by atoms with Gasteiger partial charge in [-0.1, -0.05) is 6.07 Å². The fraction of sp³-hybridized carbons (Fsp3) is 0.316. The van der Waals surface area contributed by atoms with E-state index in [4.69, 9.17) is 4.74 Å². The molecular formula is C19H24FN3O. The van der Waals surface area contributed by atoms with Crippen LogP contribution in [0.25, 0.3) is 0 Å². The average molecular weight is 329 g/mol. The molecule has 0 atom stereocenters. The van der Waals surface area contributed by atoms with Gasteiger partial charge in [0.15, 0.2) is 5.82 Å². The second-order valence-electron chi connectivity index (χ2n) is 5.67. The Morgan fingerprint density at radius 3 is 2.62 bits per heavy atom. The van der Waals surface area contributed by atoms with Crippen LogP contribution in [0.1, 0.15) is 12.5 Å². The summed E-state index contributed by atoms with van der Waals surface area (Å²) in [7, 11) is 5.44. The minimum atomic E-state index is -0.342. The van der Waals surface area contributed by atoms with Crippen LogP contribution in [0.5, 0.6) is 5.75 Å². The van der Waals surface area contributed by atoms with E-state index >= 15 is 0 Å². The van der Waals surface area contributed by atoms with Crippen molar-refractivity contribution in [2.45, 2.75) is 13.8 Å². The van der Waals surface area contributed by atoms with Crippen molar-refractivity contribution in [1.82, 2.24) is 4.90 Å². The van der Waals surface area contributed by atoms with Crippen LogP contribution in [0.15, 0.2) is 41.4 Å². The normalized spacial score (nSPS) is 10.9. The topological polar surface area (TPSA) is 28.1 Å². The summed E-state index contributed by atoms with van der Waals surface area (Å²) in [4.78, 5) is 8.06. The Morgan fingerprint density at radius 1 is 1.21 bits per heavy atom. The van der Waals surface area contributed by atoms with Gasteiger partial charge in [-0.15, -0.1) is 0 Å². The third kappa shape index (κ3) is 4.04. The van der Waals surface area contributed by atoms with Crippen molar-refractivity contribution < 1.29 is 9.13 Å². The maximum atomic E-state index is 14.4. The van der Waals surface area contributed by atoms with Crippen LogP contribution in [-0.4, -0.2) is 39.0 Å². The zero-order valence-corrected chi connectivity index (χ0v) is 14.9. The minimum Gasteiger partial charge on any atom is -0.497 e. The lowest BCUT2D eigenvalue weighted by molar-refractivity contribution is 0.415. The maximum Gasteiger partial charge on any atom is 0.150 e. The molecule has 2 rings (SSSR count). The van der Waals surface area contributed by atoms with Crippen LogP contribution in [0.2, 0.25) is 0 Å². The number of anilines is 2. The largest absolute Gasteiger partial charge is 0.497 e. The van der Waals surface area contributed by atoms with E-state index in [9.17, 15) is 4.39 Å². The lowest BCUT2D eigenvalue weighted by atomic mass is 10.1. The molecule has 0 saturated heterocycles. The number of nitrogens with zero attached hydrogens (tertiary/aromatic N) is 3. The number of ether oxygens (including phenoxy) is 1. The van der Waals surface area contributed by atoms with Crippen LogP contribution in [0.4, 0.5) is 21.5 Å². The number of aryl methyl sites for hydroxylation is 1. The zero-order chi connectivity index (χ0) is 17.7. The molecule has 0 N–H and O–H groups in total. The molecule has 0 aliphatic rings. The summed E-state index contributed by atoms with van der Waals surface area (Å²) >= 11 is 0. The first-order valence-corrected chi connectivity index (χ1v) is 7.88. The van der Waals surface area contributed by atoms with Crippen LogP contribution >= 0.6 is 0 Å². The molecule has 0 spiro atoms. The van der Waals surface area contributed by atoms with Crippen LogP contribution in [0, 0.1) is 12.7 Å². The van der Waals surface area contributed by atoms with Crippen molar-refractivity contribution in [2.24, 2.45) is 4.99 Å². The Balaban J connectivity index is 2.34. The van der Waals surface area contributed by atoms with Crippen molar-refractivity contribution in [3.8, 4) is 5.75 Å². The van der Waals surface area contributed by atoms with Gasteiger partial charge in [0, 0.05) is 44.1 Å². The zero-order valence-electron chi connectivity index (χ0n) is 14.9. The first-order chi connectivity index (χ1) is 11.5. The molecule has 0 radical (unpaired) electrons. The molecule has 24 heavy (non-hydrogen) atoms. The first kappa shape index (κ1) is 17.8. The summed E-state index contributed by atoms with van der Waals surface area (Å²) in [5, 5.41) is 0. The van der Waals surface area contributed by atoms with E-state index in [1.165, 1.54) is 6.07 Å². The van der Waals surface area contributed by atoms with Gasteiger partial charge < -0.3 is 14.5 Å². The molecule has 2 aromatic rings. The molecule has 0 bridgehead atoms. The van der Waals surface area contributed by atoms with Gasteiger partial charge in [-0.25, -0.2) is 9.38 Å². The van der Waals surface area contributed by atoms with Crippen LogP contribution in [-0.2, 0) is 0 Å². The number of halogens is 1. The average Bonchev–Trinajstić information content (AvgIpc) is 2.61. The summed E-state index contributed by atoms with van der Waals surface area (Å²) < 4.78 is 19.7. The third-order valence-electron chi connectivity index (χ3n) is 3.96. The number of hydrogen-bond acceptors (Lipinski definition) is 3. The Kier molecular flexibility index (Phi) is 5.79. The predicted molar refractivity (Wildman–Crippen MR) is 98.7 cm³/mol. The number of benzene rings is 2. The van der Waals surface area contributed by atoms with Crippen molar-refractivity contribution in [3.05, 3.63) is 47.8 Å². The maximum absolute atomic E-state index is 14.4. The Labute approximate surface area is 143 Å². The highest BCUT2D eigenvalue weighted by Gasteiger charge is 2.12. The fourth-order valence-corrected chi connectivity index (χ4v) is 2.32. The van der Waals surface area contributed by atoms with Crippen molar-refractivity contribution >= 4 is 23.4 Å². The van der Waals surface area contributed by atoms with Crippen LogP contribution < -0.4 is 9.64 Å². The molecule has 0 aliphatic carbocycles. The van der Waals surface area contributed by atoms with Gasteiger partial charge in [-0.3, -0.25) is 0 Å². The molecule has 128 valence electrons. The summed E-state index contributed by atoms with van der Waals surface area (Å²) in [6.07, 6.45) is 1.64. The molecule has 0 amide bonds. The van der Waals surface area contributed by atoms with E-state index in [1.54, 1.807) is 19.5 Å². The van der Waals surface area contributed by atoms with Crippen LogP contribution in [0.3, 0.4) is 0 Å². The van der Waals surface area contributed by atoms with Crippen molar-refractivity contribution in [2.75, 3.05) is 32.6 Å². The quantitative estimate of drug-likeness (QED) is 0.576. The number of methoxy groups -OCH3 is 1. The number of aliphatic imine (C=N–C) groups is 1. The molecule has 2 aromatic carbocycles. The SMILES string of the molecule is CCN(C)C=Nc1cc(C)c(N(C)c2cccc(OC)c2)cc1F. The van der Waals surface area contributed by atoms with E-state index in [1.807, 2.05) is 62.0 Å². The molecule has 0 heterocycles. The number of rotatable bonds is 6. The molecule has 0 aromatic heterocycles. The Morgan fingerprint density at radius 2 is 1.96 bits per heavy atom. The second-order valence-corrected chi connectivity index (χ2v) is 5.67. The van der Waals surface area contributed by atoms with Gasteiger partial charge in [0.2, 0.25) is 0 Å². The monoisotopic (exact) mass is 329 g/mol. The summed E-state index contributed by atoms with van der Waals surface area (Å²) in [5.74, 6) is 0.424. The first-order valence-electron chi connectivity index (χ1n) is 7.88. The smallest absolute Gasteiger partial charge is 0.150 e. The Bertz CT molecular complexity index is 731. The molecule has 0 unspecified atom stereocenters. The van der Waals surface area contributed by atoms with Gasteiger partial charge >= 0.3 is 0 Å². The lowest BCUT2D eigenvalue weighted by Gasteiger charge is -2.22. The van der Waals surface area contributed by atoms with Crippen molar-refractivity contribution in [1.29, 1.82) is 0 Å². The van der Waals surface area contributed by atoms with Gasteiger partial charge in [0.25, 0.3) is 0 Å². The molecule has 4 nitrogen and oxygen atoms in total. The summed E-state index contributed by atoms with van der Waals surface area (Å²) in [6.45, 7) is 4.79.